The van der Waals surface area contributed by atoms with Crippen LogP contribution in [0.2, 0.25) is 0 Å². The number of nitrogens with zero attached hydrogens (tertiary/aromatic N) is 3. The summed E-state index contributed by atoms with van der Waals surface area (Å²) in [7, 11) is 0. The van der Waals surface area contributed by atoms with Crippen LogP contribution in [0.15, 0.2) is 66.7 Å². The van der Waals surface area contributed by atoms with Gasteiger partial charge in [-0.25, -0.2) is 0 Å². The van der Waals surface area contributed by atoms with Crippen molar-refractivity contribution in [3.8, 4) is 11.3 Å². The number of hydrogen-bond acceptors (Lipinski definition) is 4. The Balaban J connectivity index is 1.61. The molecule has 1 N–H and O–H groups in total. The molecule has 33 heavy (non-hydrogen) atoms. The van der Waals surface area contributed by atoms with Crippen molar-refractivity contribution in [2.24, 2.45) is 0 Å². The van der Waals surface area contributed by atoms with Gasteiger partial charge in [0.1, 0.15) is 11.2 Å². The Bertz CT molecular complexity index is 1100. The fraction of sp³-hybridized carbons (Fsp3) is 0.346. The summed E-state index contributed by atoms with van der Waals surface area (Å²) in [5.41, 5.74) is 2.10. The van der Waals surface area contributed by atoms with Gasteiger partial charge in [0.25, 0.3) is 5.91 Å². The van der Waals surface area contributed by atoms with Crippen LogP contribution in [0.1, 0.15) is 36.3 Å². The minimum Gasteiger partial charge on any atom is -0.382 e. The average Bonchev–Trinajstić information content (AvgIpc) is 3.27. The molecule has 0 fully saturated rings. The largest absolute Gasteiger partial charge is 0.382 e. The van der Waals surface area contributed by atoms with Gasteiger partial charge in [-0.2, -0.15) is 5.10 Å². The summed E-state index contributed by atoms with van der Waals surface area (Å²) in [6, 6.07) is 21.3. The maximum atomic E-state index is 13.6. The van der Waals surface area contributed by atoms with Crippen LogP contribution in [0, 0.1) is 0 Å². The number of nitrogens with one attached hydrogen (secondary N) is 1. The second-order valence-electron chi connectivity index (χ2n) is 8.39. The Morgan fingerprint density at radius 3 is 2.52 bits per heavy atom. The number of hydrogen-bond donors (Lipinski definition) is 1. The van der Waals surface area contributed by atoms with Gasteiger partial charge in [-0.1, -0.05) is 60.7 Å². The third kappa shape index (κ3) is 4.83. The highest BCUT2D eigenvalue weighted by atomic mass is 16.5. The maximum absolute atomic E-state index is 13.6. The van der Waals surface area contributed by atoms with E-state index in [2.05, 4.69) is 10.4 Å². The van der Waals surface area contributed by atoms with Crippen LogP contribution in [-0.4, -0.2) is 51.8 Å². The summed E-state index contributed by atoms with van der Waals surface area (Å²) in [5, 5.41) is 7.70. The van der Waals surface area contributed by atoms with Crippen molar-refractivity contribution in [1.82, 2.24) is 20.0 Å². The van der Waals surface area contributed by atoms with E-state index in [1.165, 1.54) is 0 Å². The van der Waals surface area contributed by atoms with Crippen LogP contribution in [0.3, 0.4) is 0 Å². The van der Waals surface area contributed by atoms with E-state index >= 15 is 0 Å². The lowest BCUT2D eigenvalue weighted by Gasteiger charge is -2.43. The zero-order valence-corrected chi connectivity index (χ0v) is 19.2. The van der Waals surface area contributed by atoms with Crippen LogP contribution < -0.4 is 5.32 Å². The molecule has 0 radical (unpaired) electrons. The molecule has 0 saturated carbocycles. The molecule has 0 spiro atoms. The second-order valence-corrected chi connectivity index (χ2v) is 8.39. The molecule has 1 aliphatic heterocycles. The normalized spacial score (nSPS) is 17.6. The molecule has 0 bridgehead atoms. The van der Waals surface area contributed by atoms with Crippen molar-refractivity contribution >= 4 is 11.8 Å². The number of carbonyl (C=O) groups excluding carboxylic acids is 2. The second kappa shape index (κ2) is 10.0. The van der Waals surface area contributed by atoms with Crippen molar-refractivity contribution in [2.75, 3.05) is 19.8 Å². The molecule has 0 saturated heterocycles. The van der Waals surface area contributed by atoms with Gasteiger partial charge in [-0.3, -0.25) is 14.3 Å². The van der Waals surface area contributed by atoms with Gasteiger partial charge in [0, 0.05) is 31.9 Å². The summed E-state index contributed by atoms with van der Waals surface area (Å²) >= 11 is 0. The number of ether oxygens (including phenoxy) is 1. The predicted molar refractivity (Wildman–Crippen MR) is 127 cm³/mol. The molecule has 1 aliphatic rings. The third-order valence-corrected chi connectivity index (χ3v) is 6.03. The summed E-state index contributed by atoms with van der Waals surface area (Å²) < 4.78 is 7.14. The molecule has 1 aromatic heterocycles. The molecule has 4 rings (SSSR count). The molecule has 1 atom stereocenters. The van der Waals surface area contributed by atoms with Crippen molar-refractivity contribution in [3.63, 3.8) is 0 Å². The summed E-state index contributed by atoms with van der Waals surface area (Å²) in [4.78, 5) is 28.7. The number of fused-ring (bicyclic) bond motifs is 1. The first-order chi connectivity index (χ1) is 16.0. The number of aromatic nitrogens is 2. The summed E-state index contributed by atoms with van der Waals surface area (Å²) in [6.07, 6.45) is 0.654. The van der Waals surface area contributed by atoms with E-state index in [0.717, 1.165) is 16.8 Å². The smallest absolute Gasteiger partial charge is 0.273 e. The Kier molecular flexibility index (Phi) is 6.89. The van der Waals surface area contributed by atoms with E-state index in [1.807, 2.05) is 80.6 Å². The summed E-state index contributed by atoms with van der Waals surface area (Å²) in [6.45, 7) is 6.04. The zero-order chi connectivity index (χ0) is 23.3. The Morgan fingerprint density at radius 2 is 1.82 bits per heavy atom. The third-order valence-electron chi connectivity index (χ3n) is 6.03. The molecule has 2 heterocycles. The molecule has 1 unspecified atom stereocenters. The first kappa shape index (κ1) is 22.7. The standard InChI is InChI=1S/C26H30N4O3/c1-3-33-16-10-15-29-24(31)23-17-22(21-13-8-5-9-14-21)28-30(23)19-26(29,2)25(32)27-18-20-11-6-4-7-12-20/h4-9,11-14,17H,3,10,15-16,18-19H2,1-2H3,(H,27,32). The zero-order valence-electron chi connectivity index (χ0n) is 19.2. The monoisotopic (exact) mass is 446 g/mol. The topological polar surface area (TPSA) is 76.5 Å². The average molecular weight is 447 g/mol. The minimum atomic E-state index is -1.06. The van der Waals surface area contributed by atoms with Gasteiger partial charge >= 0.3 is 0 Å². The Hall–Kier alpha value is -3.45. The van der Waals surface area contributed by atoms with Crippen LogP contribution in [0.25, 0.3) is 11.3 Å². The predicted octanol–water partition coefficient (Wildman–Crippen LogP) is 3.51. The number of amides is 2. The highest BCUT2D eigenvalue weighted by molar-refractivity contribution is 6.00. The van der Waals surface area contributed by atoms with Crippen LogP contribution in [0.5, 0.6) is 0 Å². The first-order valence-corrected chi connectivity index (χ1v) is 11.4. The van der Waals surface area contributed by atoms with Crippen molar-refractivity contribution < 1.29 is 14.3 Å². The highest BCUT2D eigenvalue weighted by Crippen LogP contribution is 2.30. The lowest BCUT2D eigenvalue weighted by atomic mass is 9.94. The van der Waals surface area contributed by atoms with E-state index in [-0.39, 0.29) is 18.4 Å². The van der Waals surface area contributed by atoms with Gasteiger partial charge < -0.3 is 15.0 Å². The minimum absolute atomic E-state index is 0.190. The first-order valence-electron chi connectivity index (χ1n) is 11.4. The Morgan fingerprint density at radius 1 is 1.12 bits per heavy atom. The van der Waals surface area contributed by atoms with Crippen molar-refractivity contribution in [3.05, 3.63) is 78.0 Å². The lowest BCUT2D eigenvalue weighted by Crippen LogP contribution is -2.64. The summed E-state index contributed by atoms with van der Waals surface area (Å²) in [5.74, 6) is -0.386. The molecule has 2 aromatic carbocycles. The van der Waals surface area contributed by atoms with Gasteiger partial charge in [0.05, 0.1) is 12.2 Å². The molecule has 7 nitrogen and oxygen atoms in total. The SMILES string of the molecule is CCOCCCN1C(=O)c2cc(-c3ccccc3)nn2CC1(C)C(=O)NCc1ccccc1. The van der Waals surface area contributed by atoms with Crippen molar-refractivity contribution in [1.29, 1.82) is 0 Å². The van der Waals surface area contributed by atoms with Gasteiger partial charge in [-0.05, 0) is 31.9 Å². The molecule has 172 valence electrons. The van der Waals surface area contributed by atoms with Crippen LogP contribution >= 0.6 is 0 Å². The molecule has 3 aromatic rings. The molecular formula is C26H30N4O3. The van der Waals surface area contributed by atoms with E-state index in [4.69, 9.17) is 4.74 Å². The molecular weight excluding hydrogens is 416 g/mol. The van der Waals surface area contributed by atoms with Crippen LogP contribution in [-0.2, 0) is 22.6 Å². The Labute approximate surface area is 194 Å². The highest BCUT2D eigenvalue weighted by Gasteiger charge is 2.47. The fourth-order valence-electron chi connectivity index (χ4n) is 4.18. The van der Waals surface area contributed by atoms with Crippen LogP contribution in [0.4, 0.5) is 0 Å². The number of rotatable bonds is 9. The molecule has 0 aliphatic carbocycles. The van der Waals surface area contributed by atoms with Gasteiger partial charge in [-0.15, -0.1) is 0 Å². The van der Waals surface area contributed by atoms with E-state index in [1.54, 1.807) is 9.58 Å². The number of benzene rings is 2. The van der Waals surface area contributed by atoms with E-state index < -0.39 is 5.54 Å². The molecule has 2 amide bonds. The number of carbonyl (C=O) groups is 2. The quantitative estimate of drug-likeness (QED) is 0.511. The lowest BCUT2D eigenvalue weighted by molar-refractivity contribution is -0.133. The fourth-order valence-corrected chi connectivity index (χ4v) is 4.18. The maximum Gasteiger partial charge on any atom is 0.273 e. The van der Waals surface area contributed by atoms with Gasteiger partial charge in [0.2, 0.25) is 5.91 Å². The van der Waals surface area contributed by atoms with E-state index in [0.29, 0.717) is 38.4 Å². The van der Waals surface area contributed by atoms with Gasteiger partial charge in [0.15, 0.2) is 0 Å². The van der Waals surface area contributed by atoms with Crippen molar-refractivity contribution in [2.45, 2.75) is 38.9 Å². The molecule has 7 heteroatoms. The van der Waals surface area contributed by atoms with E-state index in [9.17, 15) is 9.59 Å².